The van der Waals surface area contributed by atoms with Crippen LogP contribution in [0.3, 0.4) is 0 Å². The third-order valence-corrected chi connectivity index (χ3v) is 4.21. The molecule has 0 saturated carbocycles. The van der Waals surface area contributed by atoms with Gasteiger partial charge in [0.1, 0.15) is 0 Å². The second-order valence-corrected chi connectivity index (χ2v) is 5.93. The summed E-state index contributed by atoms with van der Waals surface area (Å²) in [5, 5.41) is 3.40. The van der Waals surface area contributed by atoms with Crippen LogP contribution in [0.5, 0.6) is 0 Å². The van der Waals surface area contributed by atoms with Gasteiger partial charge in [0.25, 0.3) is 0 Å². The van der Waals surface area contributed by atoms with Crippen molar-refractivity contribution < 1.29 is 0 Å². The first kappa shape index (κ1) is 15.4. The summed E-state index contributed by atoms with van der Waals surface area (Å²) >= 11 is 0. The zero-order chi connectivity index (χ0) is 16.1. The van der Waals surface area contributed by atoms with E-state index in [0.29, 0.717) is 6.04 Å². The highest BCUT2D eigenvalue weighted by Gasteiger charge is 2.15. The van der Waals surface area contributed by atoms with Crippen LogP contribution in [0.25, 0.3) is 12.2 Å². The molecule has 2 aromatic rings. The molecule has 2 aromatic carbocycles. The fourth-order valence-corrected chi connectivity index (χ4v) is 2.83. The van der Waals surface area contributed by atoms with Gasteiger partial charge in [0.05, 0.1) is 6.04 Å². The van der Waals surface area contributed by atoms with Crippen molar-refractivity contribution in [3.05, 3.63) is 71.8 Å². The van der Waals surface area contributed by atoms with Gasteiger partial charge in [-0.1, -0.05) is 61.6 Å². The Morgan fingerprint density at radius 1 is 1.09 bits per heavy atom. The number of hydrogen-bond donors (Lipinski definition) is 1. The molecule has 1 aliphatic heterocycles. The quantitative estimate of drug-likeness (QED) is 0.831. The van der Waals surface area contributed by atoms with Crippen molar-refractivity contribution in [1.82, 2.24) is 0 Å². The topological polar surface area (TPSA) is 15.3 Å². The Morgan fingerprint density at radius 3 is 2.65 bits per heavy atom. The first-order chi connectivity index (χ1) is 11.3. The van der Waals surface area contributed by atoms with E-state index in [0.717, 1.165) is 13.0 Å². The Morgan fingerprint density at radius 2 is 1.87 bits per heavy atom. The van der Waals surface area contributed by atoms with Crippen LogP contribution in [0.4, 0.5) is 11.4 Å². The maximum absolute atomic E-state index is 3.40. The largest absolute Gasteiger partial charge is 0.385 e. The average molecular weight is 304 g/mol. The molecular formula is C21H24N2. The van der Waals surface area contributed by atoms with E-state index in [4.69, 9.17) is 0 Å². The van der Waals surface area contributed by atoms with Crippen molar-refractivity contribution in [2.24, 2.45) is 0 Å². The lowest BCUT2D eigenvalue weighted by Gasteiger charge is -2.30. The highest BCUT2D eigenvalue weighted by atomic mass is 15.1. The molecule has 23 heavy (non-hydrogen) atoms. The predicted molar refractivity (Wildman–Crippen MR) is 102 cm³/mol. The Labute approximate surface area is 139 Å². The number of nitrogens with zero attached hydrogens (tertiary/aromatic N) is 1. The zero-order valence-electron chi connectivity index (χ0n) is 13.9. The van der Waals surface area contributed by atoms with Crippen LogP contribution >= 0.6 is 0 Å². The molecule has 0 spiro atoms. The molecule has 3 rings (SSSR count). The van der Waals surface area contributed by atoms with E-state index in [1.165, 1.54) is 22.5 Å². The molecule has 118 valence electrons. The van der Waals surface area contributed by atoms with Gasteiger partial charge < -0.3 is 10.2 Å². The third-order valence-electron chi connectivity index (χ3n) is 4.21. The number of rotatable bonds is 5. The number of fused-ring (bicyclic) bond motifs is 1. The number of hydrogen-bond acceptors (Lipinski definition) is 2. The normalized spacial score (nSPS) is 16.6. The SMILES string of the molecule is CCCNc1ccc(C=CC2C=Cc3ccccc3N2C)cc1. The monoisotopic (exact) mass is 304 g/mol. The molecule has 1 unspecified atom stereocenters. The summed E-state index contributed by atoms with van der Waals surface area (Å²) in [5.41, 5.74) is 4.98. The molecule has 0 saturated heterocycles. The van der Waals surface area contributed by atoms with Crippen molar-refractivity contribution in [3.8, 4) is 0 Å². The van der Waals surface area contributed by atoms with Gasteiger partial charge in [-0.05, 0) is 35.7 Å². The summed E-state index contributed by atoms with van der Waals surface area (Å²) in [6.07, 6.45) is 10.0. The third kappa shape index (κ3) is 3.65. The first-order valence-electron chi connectivity index (χ1n) is 8.30. The molecule has 0 aromatic heterocycles. The summed E-state index contributed by atoms with van der Waals surface area (Å²) in [6, 6.07) is 17.4. The predicted octanol–water partition coefficient (Wildman–Crippen LogP) is 5.05. The van der Waals surface area contributed by atoms with Crippen molar-refractivity contribution in [2.45, 2.75) is 19.4 Å². The summed E-state index contributed by atoms with van der Waals surface area (Å²) in [4.78, 5) is 2.31. The van der Waals surface area contributed by atoms with Crippen molar-refractivity contribution in [3.63, 3.8) is 0 Å². The number of anilines is 2. The van der Waals surface area contributed by atoms with E-state index in [1.54, 1.807) is 0 Å². The van der Waals surface area contributed by atoms with Gasteiger partial charge in [0, 0.05) is 25.0 Å². The second-order valence-electron chi connectivity index (χ2n) is 5.93. The van der Waals surface area contributed by atoms with E-state index in [9.17, 15) is 0 Å². The number of benzene rings is 2. The van der Waals surface area contributed by atoms with Crippen LogP contribution in [-0.2, 0) is 0 Å². The molecule has 1 atom stereocenters. The summed E-state index contributed by atoms with van der Waals surface area (Å²) in [5.74, 6) is 0. The molecule has 1 aliphatic rings. The van der Waals surface area contributed by atoms with Gasteiger partial charge in [0.2, 0.25) is 0 Å². The van der Waals surface area contributed by atoms with Gasteiger partial charge in [-0.3, -0.25) is 0 Å². The molecule has 0 fully saturated rings. The standard InChI is InChI=1S/C21H24N2/c1-3-16-22-19-12-8-17(9-13-19)10-14-20-15-11-18-6-4-5-7-21(18)23(20)2/h4-15,20,22H,3,16H2,1-2H3. The lowest BCUT2D eigenvalue weighted by Crippen LogP contribution is -2.30. The Kier molecular flexibility index (Phi) is 4.82. The zero-order valence-corrected chi connectivity index (χ0v) is 13.9. The van der Waals surface area contributed by atoms with E-state index in [2.05, 4.69) is 97.0 Å². The molecular weight excluding hydrogens is 280 g/mol. The maximum atomic E-state index is 3.40. The molecule has 2 heteroatoms. The van der Waals surface area contributed by atoms with Gasteiger partial charge >= 0.3 is 0 Å². The number of nitrogens with one attached hydrogen (secondary N) is 1. The minimum atomic E-state index is 0.294. The molecule has 1 N–H and O–H groups in total. The van der Waals surface area contributed by atoms with Gasteiger partial charge in [-0.15, -0.1) is 0 Å². The minimum absolute atomic E-state index is 0.294. The Bertz CT molecular complexity index is 698. The highest BCUT2D eigenvalue weighted by molar-refractivity contribution is 5.73. The van der Waals surface area contributed by atoms with Crippen molar-refractivity contribution in [2.75, 3.05) is 23.8 Å². The van der Waals surface area contributed by atoms with Gasteiger partial charge in [-0.25, -0.2) is 0 Å². The Hall–Kier alpha value is -2.48. The fourth-order valence-electron chi connectivity index (χ4n) is 2.83. The number of para-hydroxylation sites is 1. The maximum Gasteiger partial charge on any atom is 0.0660 e. The number of likely N-dealkylation sites (N-methyl/N-ethyl adjacent to an activating group) is 1. The average Bonchev–Trinajstić information content (AvgIpc) is 2.60. The van der Waals surface area contributed by atoms with Crippen LogP contribution in [0.2, 0.25) is 0 Å². The smallest absolute Gasteiger partial charge is 0.0660 e. The van der Waals surface area contributed by atoms with Gasteiger partial charge in [0.15, 0.2) is 0 Å². The molecule has 1 heterocycles. The summed E-state index contributed by atoms with van der Waals surface area (Å²) < 4.78 is 0. The fraction of sp³-hybridized carbons (Fsp3) is 0.238. The highest BCUT2D eigenvalue weighted by Crippen LogP contribution is 2.28. The van der Waals surface area contributed by atoms with Gasteiger partial charge in [-0.2, -0.15) is 0 Å². The van der Waals surface area contributed by atoms with Crippen LogP contribution < -0.4 is 10.2 Å². The molecule has 0 radical (unpaired) electrons. The molecule has 0 aliphatic carbocycles. The molecule has 0 amide bonds. The first-order valence-corrected chi connectivity index (χ1v) is 8.30. The molecule has 0 bridgehead atoms. The lowest BCUT2D eigenvalue weighted by atomic mass is 10.0. The van der Waals surface area contributed by atoms with Crippen LogP contribution in [0.15, 0.2) is 60.7 Å². The van der Waals surface area contributed by atoms with E-state index >= 15 is 0 Å². The summed E-state index contributed by atoms with van der Waals surface area (Å²) in [7, 11) is 2.15. The second kappa shape index (κ2) is 7.19. The van der Waals surface area contributed by atoms with Crippen molar-refractivity contribution in [1.29, 1.82) is 0 Å². The van der Waals surface area contributed by atoms with E-state index in [1.807, 2.05) is 0 Å². The lowest BCUT2D eigenvalue weighted by molar-refractivity contribution is 0.889. The molecule has 2 nitrogen and oxygen atoms in total. The minimum Gasteiger partial charge on any atom is -0.385 e. The van der Waals surface area contributed by atoms with Crippen LogP contribution in [0, 0.1) is 0 Å². The van der Waals surface area contributed by atoms with Crippen LogP contribution in [-0.4, -0.2) is 19.6 Å². The summed E-state index contributed by atoms with van der Waals surface area (Å²) in [6.45, 7) is 3.20. The Balaban J connectivity index is 1.69. The van der Waals surface area contributed by atoms with Crippen molar-refractivity contribution >= 4 is 23.5 Å². The van der Waals surface area contributed by atoms with E-state index < -0.39 is 0 Å². The van der Waals surface area contributed by atoms with Crippen LogP contribution in [0.1, 0.15) is 24.5 Å². The van der Waals surface area contributed by atoms with E-state index in [-0.39, 0.29) is 0 Å².